The van der Waals surface area contributed by atoms with Gasteiger partial charge in [0.1, 0.15) is 5.69 Å². The molecule has 4 rings (SSSR count). The van der Waals surface area contributed by atoms with Gasteiger partial charge in [-0.1, -0.05) is 22.8 Å². The molecule has 0 radical (unpaired) electrons. The van der Waals surface area contributed by atoms with Crippen LogP contribution in [-0.4, -0.2) is 35.0 Å². The number of carbonyl (C=O) groups excluding carboxylic acids is 1. The van der Waals surface area contributed by atoms with Gasteiger partial charge in [-0.3, -0.25) is 4.79 Å². The van der Waals surface area contributed by atoms with Crippen LogP contribution in [-0.2, 0) is 16.6 Å². The molecular weight excluding hydrogens is 557 g/mol. The average molecular weight is 574 g/mol. The molecule has 1 aromatic carbocycles. The summed E-state index contributed by atoms with van der Waals surface area (Å²) < 4.78 is 120. The van der Waals surface area contributed by atoms with Crippen molar-refractivity contribution in [3.63, 3.8) is 0 Å². The first-order chi connectivity index (χ1) is 17.4. The van der Waals surface area contributed by atoms with Gasteiger partial charge in [0.25, 0.3) is 11.5 Å². The molecule has 1 atom stereocenters. The van der Waals surface area contributed by atoms with Crippen LogP contribution < -0.4 is 5.32 Å². The maximum absolute atomic E-state index is 14.2. The molecule has 0 unspecified atom stereocenters. The van der Waals surface area contributed by atoms with Crippen molar-refractivity contribution in [2.75, 3.05) is 0 Å². The van der Waals surface area contributed by atoms with E-state index >= 15 is 0 Å². The van der Waals surface area contributed by atoms with Crippen molar-refractivity contribution >= 4 is 23.2 Å². The van der Waals surface area contributed by atoms with E-state index in [1.54, 1.807) is 0 Å². The number of aromatic nitrogens is 1. The minimum Gasteiger partial charge on any atom is -0.372 e. The number of hydrogen-bond acceptors (Lipinski definition) is 4. The van der Waals surface area contributed by atoms with Gasteiger partial charge in [0, 0.05) is 16.6 Å². The average Bonchev–Trinajstić information content (AvgIpc) is 3.21. The molecule has 206 valence electrons. The number of amides is 1. The molecule has 5 nitrogen and oxygen atoms in total. The van der Waals surface area contributed by atoms with Crippen LogP contribution in [0.4, 0.5) is 39.5 Å². The van der Waals surface area contributed by atoms with Gasteiger partial charge >= 0.3 is 18.5 Å². The molecule has 15 heteroatoms. The Morgan fingerprint density at radius 1 is 1.05 bits per heavy atom. The second-order valence-corrected chi connectivity index (χ2v) is 9.53. The lowest BCUT2D eigenvalue weighted by atomic mass is 9.79. The molecule has 2 aliphatic rings. The normalized spacial score (nSPS) is 23.9. The molecule has 38 heavy (non-hydrogen) atoms. The minimum absolute atomic E-state index is 0.0807. The Bertz CT molecular complexity index is 1280. The Morgan fingerprint density at radius 2 is 1.71 bits per heavy atom. The first-order valence-corrected chi connectivity index (χ1v) is 11.3. The molecule has 2 heterocycles. The lowest BCUT2D eigenvalue weighted by Crippen LogP contribution is -2.49. The summed E-state index contributed by atoms with van der Waals surface area (Å²) in [5.41, 5.74) is -5.95. The van der Waals surface area contributed by atoms with Crippen LogP contribution in [0.15, 0.2) is 35.5 Å². The van der Waals surface area contributed by atoms with Gasteiger partial charge in [0.2, 0.25) is 0 Å². The van der Waals surface area contributed by atoms with E-state index in [1.807, 2.05) is 0 Å². The fourth-order valence-corrected chi connectivity index (χ4v) is 4.44. The van der Waals surface area contributed by atoms with Gasteiger partial charge < -0.3 is 10.2 Å². The predicted octanol–water partition coefficient (Wildman–Crippen LogP) is 6.72. The van der Waals surface area contributed by atoms with Crippen LogP contribution in [0.2, 0.25) is 5.02 Å². The number of nitrogens with zero attached hydrogens (tertiary/aromatic N) is 2. The number of rotatable bonds is 4. The molecule has 1 fully saturated rings. The highest BCUT2D eigenvalue weighted by molar-refractivity contribution is 6.30. The molecule has 1 aliphatic heterocycles. The first kappa shape index (κ1) is 28.0. The molecule has 1 N–H and O–H groups in total. The molecule has 0 saturated heterocycles. The summed E-state index contributed by atoms with van der Waals surface area (Å²) >= 11 is 5.65. The standard InChI is InChI=1S/C23H17ClF9N3O2/c1-10-4-11(2-3-15(10)19(37)34-14-5-12(6-14)21(25,26)27)16-9-20(38-36-16,23(31,32)33)17-7-13(24)8-18(35-17)22(28,29)30/h2-4,7-8,12,14H,5-6,9H2,1H3,(H,34,37)/t12-,14-,20-/m0/s1. The summed E-state index contributed by atoms with van der Waals surface area (Å²) in [7, 11) is 0. The highest BCUT2D eigenvalue weighted by Crippen LogP contribution is 2.49. The zero-order valence-electron chi connectivity index (χ0n) is 19.2. The van der Waals surface area contributed by atoms with E-state index in [0.717, 1.165) is 0 Å². The van der Waals surface area contributed by atoms with Crippen molar-refractivity contribution in [1.29, 1.82) is 0 Å². The Morgan fingerprint density at radius 3 is 2.26 bits per heavy atom. The summed E-state index contributed by atoms with van der Waals surface area (Å²) in [6, 6.07) is 4.16. The topological polar surface area (TPSA) is 63.6 Å². The van der Waals surface area contributed by atoms with Gasteiger partial charge in [-0.05, 0) is 55.2 Å². The van der Waals surface area contributed by atoms with Crippen molar-refractivity contribution in [2.45, 2.75) is 56.4 Å². The number of pyridine rings is 1. The second kappa shape index (κ2) is 9.31. The van der Waals surface area contributed by atoms with Gasteiger partial charge in [0.15, 0.2) is 0 Å². The Hall–Kier alpha value is -3.03. The van der Waals surface area contributed by atoms with Gasteiger partial charge in [0.05, 0.1) is 23.7 Å². The van der Waals surface area contributed by atoms with E-state index in [0.29, 0.717) is 12.1 Å². The molecule has 1 saturated carbocycles. The smallest absolute Gasteiger partial charge is 0.372 e. The van der Waals surface area contributed by atoms with E-state index in [4.69, 9.17) is 16.4 Å². The van der Waals surface area contributed by atoms with Crippen molar-refractivity contribution in [3.8, 4) is 0 Å². The molecule has 1 aromatic heterocycles. The third-order valence-electron chi connectivity index (χ3n) is 6.42. The Balaban J connectivity index is 1.55. The molecule has 0 bridgehead atoms. The quantitative estimate of drug-likeness (QED) is 0.413. The van der Waals surface area contributed by atoms with Crippen molar-refractivity contribution < 1.29 is 49.1 Å². The van der Waals surface area contributed by atoms with Crippen LogP contribution in [0, 0.1) is 12.8 Å². The predicted molar refractivity (Wildman–Crippen MR) is 115 cm³/mol. The number of carbonyl (C=O) groups is 1. The first-order valence-electron chi connectivity index (χ1n) is 11.0. The lowest BCUT2D eigenvalue weighted by molar-refractivity contribution is -0.277. The summed E-state index contributed by atoms with van der Waals surface area (Å²) in [5, 5.41) is 5.32. The van der Waals surface area contributed by atoms with E-state index in [1.165, 1.54) is 25.1 Å². The largest absolute Gasteiger partial charge is 0.437 e. The summed E-state index contributed by atoms with van der Waals surface area (Å²) in [6.07, 6.45) is -16.2. The van der Waals surface area contributed by atoms with E-state index in [2.05, 4.69) is 15.5 Å². The number of nitrogens with one attached hydrogen (secondary N) is 1. The highest BCUT2D eigenvalue weighted by atomic mass is 35.5. The summed E-state index contributed by atoms with van der Waals surface area (Å²) in [4.78, 5) is 20.3. The zero-order valence-corrected chi connectivity index (χ0v) is 19.9. The third-order valence-corrected chi connectivity index (χ3v) is 6.64. The van der Waals surface area contributed by atoms with Crippen LogP contribution in [0.25, 0.3) is 0 Å². The van der Waals surface area contributed by atoms with Crippen molar-refractivity contribution in [3.05, 3.63) is 63.4 Å². The number of halogens is 10. The van der Waals surface area contributed by atoms with Crippen molar-refractivity contribution in [2.24, 2.45) is 11.1 Å². The Labute approximate surface area is 214 Å². The fraction of sp³-hybridized carbons (Fsp3) is 0.435. The number of aryl methyl sites for hydroxylation is 1. The molecule has 2 aromatic rings. The Kier molecular flexibility index (Phi) is 6.86. The van der Waals surface area contributed by atoms with E-state index in [-0.39, 0.29) is 35.2 Å². The van der Waals surface area contributed by atoms with E-state index in [9.17, 15) is 44.3 Å². The lowest BCUT2D eigenvalue weighted by Gasteiger charge is -2.36. The third kappa shape index (κ3) is 5.27. The maximum Gasteiger partial charge on any atom is 0.437 e. The van der Waals surface area contributed by atoms with Crippen LogP contribution in [0.1, 0.15) is 52.1 Å². The summed E-state index contributed by atoms with van der Waals surface area (Å²) in [5.74, 6) is -2.15. The van der Waals surface area contributed by atoms with Crippen molar-refractivity contribution in [1.82, 2.24) is 10.3 Å². The molecule has 0 spiro atoms. The van der Waals surface area contributed by atoms with E-state index < -0.39 is 64.8 Å². The fourth-order valence-electron chi connectivity index (χ4n) is 4.24. The maximum atomic E-state index is 14.2. The minimum atomic E-state index is -5.25. The SMILES string of the molecule is Cc1cc(C2=NO[C@@](c3cc(Cl)cc(C(F)(F)F)n3)(C(F)(F)F)C2)ccc1C(=O)N[C@H]1C[C@H](C(F)(F)F)C1. The van der Waals surface area contributed by atoms with Crippen LogP contribution >= 0.6 is 11.6 Å². The molecule has 1 amide bonds. The van der Waals surface area contributed by atoms with Gasteiger partial charge in [-0.2, -0.15) is 39.5 Å². The second-order valence-electron chi connectivity index (χ2n) is 9.09. The number of alkyl halides is 9. The number of oxime groups is 1. The summed E-state index contributed by atoms with van der Waals surface area (Å²) in [6.45, 7) is 1.46. The monoisotopic (exact) mass is 573 g/mol. The van der Waals surface area contributed by atoms with Crippen LogP contribution in [0.3, 0.4) is 0 Å². The van der Waals surface area contributed by atoms with Gasteiger partial charge in [-0.15, -0.1) is 0 Å². The van der Waals surface area contributed by atoms with Gasteiger partial charge in [-0.25, -0.2) is 4.98 Å². The van der Waals surface area contributed by atoms with Crippen LogP contribution in [0.5, 0.6) is 0 Å². The zero-order chi connectivity index (χ0) is 28.3. The highest BCUT2D eigenvalue weighted by Gasteiger charge is 2.64. The molecule has 1 aliphatic carbocycles. The number of hydrogen-bond donors (Lipinski definition) is 1. The number of benzene rings is 1. The molecular formula is C23H17ClF9N3O2.